The molecule has 0 saturated heterocycles. The Morgan fingerprint density at radius 3 is 2.05 bits per heavy atom. The molecule has 0 radical (unpaired) electrons. The average molecular weight is 314 g/mol. The van der Waals surface area contributed by atoms with E-state index in [0.29, 0.717) is 22.5 Å². The van der Waals surface area contributed by atoms with Crippen LogP contribution in [0.3, 0.4) is 0 Å². The second-order valence-electron chi connectivity index (χ2n) is 3.47. The van der Waals surface area contributed by atoms with Crippen molar-refractivity contribution in [1.82, 2.24) is 15.3 Å². The Morgan fingerprint density at radius 1 is 1.15 bits per heavy atom. The number of benzene rings is 1. The Kier molecular flexibility index (Phi) is 6.76. The number of amides is 1. The van der Waals surface area contributed by atoms with E-state index in [4.69, 9.17) is 32.7 Å². The molecule has 0 aliphatic heterocycles. The zero-order valence-electron chi connectivity index (χ0n) is 10.9. The topological polar surface area (TPSA) is 64.1 Å². The molecule has 7 heteroatoms. The molecule has 0 fully saturated rings. The number of hydrogen-bond donors (Lipinski definition) is 1. The lowest BCUT2D eigenvalue weighted by Gasteiger charge is -2.03. The van der Waals surface area contributed by atoms with Crippen LogP contribution in [0.25, 0.3) is 11.4 Å². The van der Waals surface area contributed by atoms with Crippen molar-refractivity contribution in [3.63, 3.8) is 0 Å². The zero-order chi connectivity index (χ0) is 15.0. The fourth-order valence-electron chi connectivity index (χ4n) is 1.26. The summed E-state index contributed by atoms with van der Waals surface area (Å²) in [6.07, 6.45) is 0.625. The van der Waals surface area contributed by atoms with E-state index in [0.717, 1.165) is 11.3 Å². The van der Waals surface area contributed by atoms with Gasteiger partial charge in [-0.2, -0.15) is 0 Å². The predicted molar refractivity (Wildman–Crippen MR) is 79.2 cm³/mol. The Morgan fingerprint density at radius 2 is 1.65 bits per heavy atom. The van der Waals surface area contributed by atoms with Crippen molar-refractivity contribution in [3.8, 4) is 17.1 Å². The third-order valence-corrected chi connectivity index (χ3v) is 2.52. The monoisotopic (exact) mass is 313 g/mol. The molecule has 1 heterocycles. The highest BCUT2D eigenvalue weighted by Crippen LogP contribution is 2.22. The number of ether oxygens (including phenoxy) is 1. The Bertz CT molecular complexity index is 542. The molecule has 0 bridgehead atoms. The van der Waals surface area contributed by atoms with Gasteiger partial charge in [0.05, 0.1) is 7.11 Å². The minimum Gasteiger partial charge on any atom is -0.497 e. The van der Waals surface area contributed by atoms with Crippen molar-refractivity contribution in [2.24, 2.45) is 0 Å². The molecule has 0 saturated carbocycles. The number of nitrogens with one attached hydrogen (secondary N) is 1. The van der Waals surface area contributed by atoms with Gasteiger partial charge in [0, 0.05) is 18.7 Å². The van der Waals surface area contributed by atoms with E-state index in [1.807, 2.05) is 24.3 Å². The second kappa shape index (κ2) is 8.35. The first-order valence-electron chi connectivity index (χ1n) is 5.56. The fraction of sp³-hybridized carbons (Fsp3) is 0.154. The first-order chi connectivity index (χ1) is 9.60. The van der Waals surface area contributed by atoms with E-state index in [2.05, 4.69) is 15.3 Å². The van der Waals surface area contributed by atoms with Gasteiger partial charge in [0.2, 0.25) is 6.41 Å². The van der Waals surface area contributed by atoms with Gasteiger partial charge in [-0.1, -0.05) is 23.2 Å². The van der Waals surface area contributed by atoms with E-state index in [-0.39, 0.29) is 0 Å². The van der Waals surface area contributed by atoms with Crippen molar-refractivity contribution < 1.29 is 9.53 Å². The summed E-state index contributed by atoms with van der Waals surface area (Å²) in [6, 6.07) is 8.85. The largest absolute Gasteiger partial charge is 0.497 e. The molecule has 5 nitrogen and oxygen atoms in total. The molecule has 1 aromatic carbocycles. The highest BCUT2D eigenvalue weighted by Gasteiger charge is 2.04. The van der Waals surface area contributed by atoms with E-state index in [1.54, 1.807) is 14.2 Å². The van der Waals surface area contributed by atoms with Crippen LogP contribution >= 0.6 is 23.2 Å². The van der Waals surface area contributed by atoms with E-state index >= 15 is 0 Å². The summed E-state index contributed by atoms with van der Waals surface area (Å²) < 4.78 is 5.06. The van der Waals surface area contributed by atoms with Crippen molar-refractivity contribution in [1.29, 1.82) is 0 Å². The number of nitrogens with zero attached hydrogens (tertiary/aromatic N) is 2. The standard InChI is InChI=1S/C11H8Cl2N2O.C2H5NO/c1-16-8-4-2-7(3-5-8)11-14-9(12)6-10(13)15-11;1-3-2-4/h2-6H,1H3;2H,1H3,(H,3,4). The summed E-state index contributed by atoms with van der Waals surface area (Å²) in [5.74, 6) is 1.28. The van der Waals surface area contributed by atoms with Gasteiger partial charge in [0.25, 0.3) is 0 Å². The molecule has 0 atom stereocenters. The lowest BCUT2D eigenvalue weighted by atomic mass is 10.2. The van der Waals surface area contributed by atoms with Gasteiger partial charge in [-0.25, -0.2) is 9.97 Å². The highest BCUT2D eigenvalue weighted by molar-refractivity contribution is 6.33. The van der Waals surface area contributed by atoms with Gasteiger partial charge in [0.15, 0.2) is 5.82 Å². The molecule has 0 spiro atoms. The van der Waals surface area contributed by atoms with Crippen molar-refractivity contribution >= 4 is 29.6 Å². The van der Waals surface area contributed by atoms with Gasteiger partial charge in [-0.05, 0) is 24.3 Å². The summed E-state index contributed by atoms with van der Waals surface area (Å²) in [6.45, 7) is 0. The summed E-state index contributed by atoms with van der Waals surface area (Å²) >= 11 is 11.6. The van der Waals surface area contributed by atoms with Crippen LogP contribution in [0.15, 0.2) is 30.3 Å². The summed E-state index contributed by atoms with van der Waals surface area (Å²) in [5, 5.41) is 2.90. The maximum Gasteiger partial charge on any atom is 0.206 e. The molecule has 20 heavy (non-hydrogen) atoms. The van der Waals surface area contributed by atoms with Gasteiger partial charge in [-0.3, -0.25) is 4.79 Å². The van der Waals surface area contributed by atoms with Crippen LogP contribution in [0.2, 0.25) is 10.3 Å². The normalized spacial score (nSPS) is 9.20. The minimum atomic E-state index is 0.325. The van der Waals surface area contributed by atoms with Crippen molar-refractivity contribution in [3.05, 3.63) is 40.6 Å². The molecule has 1 amide bonds. The summed E-state index contributed by atoms with van der Waals surface area (Å²) in [4.78, 5) is 17.2. The molecule has 106 valence electrons. The quantitative estimate of drug-likeness (QED) is 0.699. The average Bonchev–Trinajstić information content (AvgIpc) is 2.46. The second-order valence-corrected chi connectivity index (χ2v) is 4.25. The third kappa shape index (κ3) is 5.03. The van der Waals surface area contributed by atoms with Crippen molar-refractivity contribution in [2.45, 2.75) is 0 Å². The van der Waals surface area contributed by atoms with Gasteiger partial charge in [0.1, 0.15) is 16.1 Å². The number of hydrogen-bond acceptors (Lipinski definition) is 4. The van der Waals surface area contributed by atoms with Gasteiger partial charge < -0.3 is 10.1 Å². The lowest BCUT2D eigenvalue weighted by Crippen LogP contribution is -1.98. The molecule has 1 aromatic heterocycles. The lowest BCUT2D eigenvalue weighted by molar-refractivity contribution is -0.109. The third-order valence-electron chi connectivity index (χ3n) is 2.13. The molecule has 2 rings (SSSR count). The minimum absolute atomic E-state index is 0.325. The molecule has 0 aliphatic carbocycles. The molecule has 0 unspecified atom stereocenters. The van der Waals surface area contributed by atoms with Gasteiger partial charge in [-0.15, -0.1) is 0 Å². The number of carbonyl (C=O) groups excluding carboxylic acids is 1. The van der Waals surface area contributed by atoms with Crippen LogP contribution < -0.4 is 10.1 Å². The van der Waals surface area contributed by atoms with E-state index < -0.39 is 0 Å². The Labute approximate surface area is 126 Å². The van der Waals surface area contributed by atoms with Gasteiger partial charge >= 0.3 is 0 Å². The van der Waals surface area contributed by atoms with Crippen LogP contribution in [-0.2, 0) is 4.79 Å². The van der Waals surface area contributed by atoms with Crippen molar-refractivity contribution in [2.75, 3.05) is 14.2 Å². The first kappa shape index (κ1) is 16.2. The Balaban J connectivity index is 0.000000444. The highest BCUT2D eigenvalue weighted by atomic mass is 35.5. The van der Waals surface area contributed by atoms with Crippen LogP contribution in [-0.4, -0.2) is 30.5 Å². The predicted octanol–water partition coefficient (Wildman–Crippen LogP) is 2.82. The SMILES string of the molecule is CNC=O.COc1ccc(-c2nc(Cl)cc(Cl)n2)cc1. The summed E-state index contributed by atoms with van der Waals surface area (Å²) in [5.41, 5.74) is 0.838. The molecule has 1 N–H and O–H groups in total. The maximum absolute atomic E-state index is 9.06. The smallest absolute Gasteiger partial charge is 0.206 e. The number of halogens is 2. The zero-order valence-corrected chi connectivity index (χ0v) is 12.4. The van der Waals surface area contributed by atoms with E-state index in [1.165, 1.54) is 6.07 Å². The Hall–Kier alpha value is -1.85. The van der Waals surface area contributed by atoms with Crippen LogP contribution in [0, 0.1) is 0 Å². The maximum atomic E-state index is 9.06. The number of carbonyl (C=O) groups is 1. The molecule has 0 aliphatic rings. The van der Waals surface area contributed by atoms with Crippen LogP contribution in [0.1, 0.15) is 0 Å². The molecular weight excluding hydrogens is 301 g/mol. The molecule has 2 aromatic rings. The first-order valence-corrected chi connectivity index (χ1v) is 6.31. The number of methoxy groups -OCH3 is 1. The summed E-state index contributed by atoms with van der Waals surface area (Å²) in [7, 11) is 3.18. The number of aromatic nitrogens is 2. The van der Waals surface area contributed by atoms with E-state index in [9.17, 15) is 0 Å². The van der Waals surface area contributed by atoms with Crippen LogP contribution in [0.4, 0.5) is 0 Å². The fourth-order valence-corrected chi connectivity index (χ4v) is 1.68. The van der Waals surface area contributed by atoms with Crippen LogP contribution in [0.5, 0.6) is 5.75 Å². The number of rotatable bonds is 3. The molecular formula is C13H13Cl2N3O2.